The van der Waals surface area contributed by atoms with Crippen LogP contribution in [0.5, 0.6) is 5.75 Å². The zero-order valence-corrected chi connectivity index (χ0v) is 11.6. The topological polar surface area (TPSA) is 21.3 Å². The molecule has 0 spiro atoms. The average molecular weight is 255 g/mol. The van der Waals surface area contributed by atoms with Gasteiger partial charge in [0.1, 0.15) is 12.4 Å². The first-order valence-corrected chi connectivity index (χ1v) is 6.76. The fourth-order valence-corrected chi connectivity index (χ4v) is 1.87. The molecule has 19 heavy (non-hydrogen) atoms. The highest BCUT2D eigenvalue weighted by Crippen LogP contribution is 2.15. The summed E-state index contributed by atoms with van der Waals surface area (Å²) in [6, 6.07) is 16.7. The van der Waals surface area contributed by atoms with Crippen molar-refractivity contribution in [1.29, 1.82) is 0 Å². The van der Waals surface area contributed by atoms with Crippen molar-refractivity contribution in [3.8, 4) is 5.75 Å². The van der Waals surface area contributed by atoms with Gasteiger partial charge in [-0.1, -0.05) is 48.9 Å². The number of ether oxygens (including phenoxy) is 1. The molecule has 2 aromatic carbocycles. The molecular formula is C17H21NO. The lowest BCUT2D eigenvalue weighted by Crippen LogP contribution is -2.11. The van der Waals surface area contributed by atoms with Gasteiger partial charge in [-0.05, 0) is 36.7 Å². The Kier molecular flexibility index (Phi) is 4.99. The summed E-state index contributed by atoms with van der Waals surface area (Å²) in [5.74, 6) is 0.927. The van der Waals surface area contributed by atoms with Crippen LogP contribution in [-0.4, -0.2) is 6.54 Å². The second kappa shape index (κ2) is 6.95. The average Bonchev–Trinajstić information content (AvgIpc) is 2.45. The van der Waals surface area contributed by atoms with E-state index in [1.807, 2.05) is 12.1 Å². The summed E-state index contributed by atoms with van der Waals surface area (Å²) >= 11 is 0. The lowest BCUT2D eigenvalue weighted by molar-refractivity contribution is 0.306. The fourth-order valence-electron chi connectivity index (χ4n) is 1.87. The van der Waals surface area contributed by atoms with Crippen molar-refractivity contribution in [2.24, 2.45) is 0 Å². The van der Waals surface area contributed by atoms with Gasteiger partial charge in [0.05, 0.1) is 0 Å². The molecule has 0 saturated heterocycles. The lowest BCUT2D eigenvalue weighted by atomic mass is 10.2. The molecule has 2 rings (SSSR count). The van der Waals surface area contributed by atoms with Crippen molar-refractivity contribution in [1.82, 2.24) is 5.32 Å². The van der Waals surface area contributed by atoms with Crippen LogP contribution in [-0.2, 0) is 13.2 Å². The third-order valence-electron chi connectivity index (χ3n) is 3.00. The van der Waals surface area contributed by atoms with Gasteiger partial charge >= 0.3 is 0 Å². The summed E-state index contributed by atoms with van der Waals surface area (Å²) in [5, 5.41) is 3.32. The molecular weight excluding hydrogens is 234 g/mol. The van der Waals surface area contributed by atoms with E-state index in [0.29, 0.717) is 6.61 Å². The minimum atomic E-state index is 0.616. The molecule has 1 N–H and O–H groups in total. The van der Waals surface area contributed by atoms with Gasteiger partial charge in [0.2, 0.25) is 0 Å². The summed E-state index contributed by atoms with van der Waals surface area (Å²) in [5.41, 5.74) is 3.72. The first-order valence-electron chi connectivity index (χ1n) is 6.76. The predicted octanol–water partition coefficient (Wildman–Crippen LogP) is 3.68. The van der Waals surface area contributed by atoms with Crippen molar-refractivity contribution >= 4 is 0 Å². The first kappa shape index (κ1) is 13.6. The van der Waals surface area contributed by atoms with E-state index in [-0.39, 0.29) is 0 Å². The monoisotopic (exact) mass is 255 g/mol. The van der Waals surface area contributed by atoms with Crippen LogP contribution in [0.1, 0.15) is 23.6 Å². The Labute approximate surface area is 115 Å². The van der Waals surface area contributed by atoms with Gasteiger partial charge in [-0.2, -0.15) is 0 Å². The van der Waals surface area contributed by atoms with E-state index < -0.39 is 0 Å². The maximum Gasteiger partial charge on any atom is 0.120 e. The summed E-state index contributed by atoms with van der Waals surface area (Å²) < 4.78 is 5.82. The Hall–Kier alpha value is -1.80. The molecule has 0 aliphatic rings. The third kappa shape index (κ3) is 4.42. The molecule has 0 bridgehead atoms. The molecule has 0 unspecified atom stereocenters. The molecule has 0 amide bonds. The highest BCUT2D eigenvalue weighted by Gasteiger charge is 1.98. The van der Waals surface area contributed by atoms with Crippen LogP contribution >= 0.6 is 0 Å². The summed E-state index contributed by atoms with van der Waals surface area (Å²) in [6.07, 6.45) is 0. The molecule has 0 aromatic heterocycles. The molecule has 0 fully saturated rings. The van der Waals surface area contributed by atoms with Crippen LogP contribution in [0.3, 0.4) is 0 Å². The molecule has 0 aliphatic heterocycles. The van der Waals surface area contributed by atoms with E-state index in [9.17, 15) is 0 Å². The largest absolute Gasteiger partial charge is 0.489 e. The normalized spacial score (nSPS) is 10.4. The maximum absolute atomic E-state index is 5.82. The van der Waals surface area contributed by atoms with Gasteiger partial charge in [-0.25, -0.2) is 0 Å². The molecule has 0 aliphatic carbocycles. The maximum atomic E-state index is 5.82. The van der Waals surface area contributed by atoms with E-state index in [0.717, 1.165) is 18.8 Å². The van der Waals surface area contributed by atoms with Gasteiger partial charge in [0.15, 0.2) is 0 Å². The number of hydrogen-bond acceptors (Lipinski definition) is 2. The number of nitrogens with one attached hydrogen (secondary N) is 1. The summed E-state index contributed by atoms with van der Waals surface area (Å²) in [4.78, 5) is 0. The Morgan fingerprint density at radius 3 is 2.53 bits per heavy atom. The van der Waals surface area contributed by atoms with Crippen molar-refractivity contribution < 1.29 is 4.74 Å². The van der Waals surface area contributed by atoms with Crippen molar-refractivity contribution in [3.63, 3.8) is 0 Å². The van der Waals surface area contributed by atoms with Crippen LogP contribution in [0.25, 0.3) is 0 Å². The second-order valence-corrected chi connectivity index (χ2v) is 4.70. The van der Waals surface area contributed by atoms with E-state index >= 15 is 0 Å². The van der Waals surface area contributed by atoms with Crippen LogP contribution in [0.15, 0.2) is 48.5 Å². The van der Waals surface area contributed by atoms with Gasteiger partial charge in [0, 0.05) is 6.54 Å². The standard InChI is InChI=1S/C17H21NO/c1-3-18-12-16-5-4-6-17(11-16)19-13-15-9-7-14(2)8-10-15/h4-11,18H,3,12-13H2,1-2H3. The third-order valence-corrected chi connectivity index (χ3v) is 3.00. The molecule has 100 valence electrons. The predicted molar refractivity (Wildman–Crippen MR) is 79.3 cm³/mol. The van der Waals surface area contributed by atoms with Crippen molar-refractivity contribution in [2.75, 3.05) is 6.54 Å². The van der Waals surface area contributed by atoms with E-state index in [2.05, 4.69) is 55.6 Å². The zero-order valence-electron chi connectivity index (χ0n) is 11.6. The molecule has 0 radical (unpaired) electrons. The molecule has 0 atom stereocenters. The van der Waals surface area contributed by atoms with Gasteiger partial charge in [0.25, 0.3) is 0 Å². The Balaban J connectivity index is 1.93. The molecule has 0 heterocycles. The number of hydrogen-bond donors (Lipinski definition) is 1. The Bertz CT molecular complexity index is 505. The van der Waals surface area contributed by atoms with E-state index in [4.69, 9.17) is 4.74 Å². The lowest BCUT2D eigenvalue weighted by Gasteiger charge is -2.08. The number of aryl methyl sites for hydroxylation is 1. The summed E-state index contributed by atoms with van der Waals surface area (Å²) in [6.45, 7) is 6.68. The van der Waals surface area contributed by atoms with E-state index in [1.165, 1.54) is 16.7 Å². The number of rotatable bonds is 6. The van der Waals surface area contributed by atoms with Gasteiger partial charge < -0.3 is 10.1 Å². The second-order valence-electron chi connectivity index (χ2n) is 4.70. The Morgan fingerprint density at radius 2 is 1.79 bits per heavy atom. The molecule has 2 aromatic rings. The highest BCUT2D eigenvalue weighted by atomic mass is 16.5. The molecule has 2 nitrogen and oxygen atoms in total. The van der Waals surface area contributed by atoms with Crippen LogP contribution < -0.4 is 10.1 Å². The Morgan fingerprint density at radius 1 is 1.00 bits per heavy atom. The zero-order chi connectivity index (χ0) is 13.5. The van der Waals surface area contributed by atoms with Gasteiger partial charge in [-0.3, -0.25) is 0 Å². The van der Waals surface area contributed by atoms with Crippen LogP contribution in [0.2, 0.25) is 0 Å². The quantitative estimate of drug-likeness (QED) is 0.850. The smallest absolute Gasteiger partial charge is 0.120 e. The SMILES string of the molecule is CCNCc1cccc(OCc2ccc(C)cc2)c1. The minimum Gasteiger partial charge on any atom is -0.489 e. The first-order chi connectivity index (χ1) is 9.28. The fraction of sp³-hybridized carbons (Fsp3) is 0.294. The molecule has 0 saturated carbocycles. The van der Waals surface area contributed by atoms with Crippen molar-refractivity contribution in [2.45, 2.75) is 27.0 Å². The van der Waals surface area contributed by atoms with Crippen LogP contribution in [0, 0.1) is 6.92 Å². The summed E-state index contributed by atoms with van der Waals surface area (Å²) in [7, 11) is 0. The van der Waals surface area contributed by atoms with Gasteiger partial charge in [-0.15, -0.1) is 0 Å². The highest BCUT2D eigenvalue weighted by molar-refractivity contribution is 5.29. The van der Waals surface area contributed by atoms with Crippen LogP contribution in [0.4, 0.5) is 0 Å². The van der Waals surface area contributed by atoms with E-state index in [1.54, 1.807) is 0 Å². The number of benzene rings is 2. The van der Waals surface area contributed by atoms with Crippen molar-refractivity contribution in [3.05, 3.63) is 65.2 Å². The molecule has 2 heteroatoms. The minimum absolute atomic E-state index is 0.616.